The Labute approximate surface area is 135 Å². The number of aromatic nitrogens is 3. The van der Waals surface area contributed by atoms with Gasteiger partial charge in [0.15, 0.2) is 0 Å². The first-order valence-corrected chi connectivity index (χ1v) is 7.83. The lowest BCUT2D eigenvalue weighted by molar-refractivity contribution is 0.969. The van der Waals surface area contributed by atoms with Crippen LogP contribution >= 0.6 is 22.6 Å². The molecule has 0 aliphatic rings. The van der Waals surface area contributed by atoms with Crippen LogP contribution in [0, 0.1) is 10.5 Å². The maximum absolute atomic E-state index is 12.1. The highest BCUT2D eigenvalue weighted by Crippen LogP contribution is 2.26. The summed E-state index contributed by atoms with van der Waals surface area (Å²) in [6.45, 7) is 3.95. The summed E-state index contributed by atoms with van der Waals surface area (Å²) >= 11 is 2.05. The van der Waals surface area contributed by atoms with Crippen molar-refractivity contribution >= 4 is 33.5 Å². The second kappa shape index (κ2) is 5.55. The maximum Gasteiger partial charge on any atom is 0.264 e. The van der Waals surface area contributed by atoms with Crippen LogP contribution < -0.4 is 5.56 Å². The molecule has 0 bridgehead atoms. The van der Waals surface area contributed by atoms with Crippen LogP contribution in [0.5, 0.6) is 0 Å². The van der Waals surface area contributed by atoms with Gasteiger partial charge in [0.1, 0.15) is 5.82 Å². The first-order valence-electron chi connectivity index (χ1n) is 6.75. The van der Waals surface area contributed by atoms with Crippen LogP contribution in [0.1, 0.15) is 18.3 Å². The summed E-state index contributed by atoms with van der Waals surface area (Å²) in [5.74, 6) is 0.610. The van der Waals surface area contributed by atoms with Gasteiger partial charge in [0, 0.05) is 16.6 Å². The average molecular weight is 391 g/mol. The molecule has 0 amide bonds. The highest BCUT2D eigenvalue weighted by atomic mass is 127. The van der Waals surface area contributed by atoms with Crippen LogP contribution in [0.4, 0.5) is 0 Å². The van der Waals surface area contributed by atoms with Crippen molar-refractivity contribution < 1.29 is 0 Å². The number of pyridine rings is 1. The minimum atomic E-state index is -0.0870. The van der Waals surface area contributed by atoms with Gasteiger partial charge in [-0.1, -0.05) is 25.1 Å². The smallest absolute Gasteiger partial charge is 0.264 e. The summed E-state index contributed by atoms with van der Waals surface area (Å²) in [6.07, 6.45) is 0.733. The van der Waals surface area contributed by atoms with Crippen LogP contribution in [0.25, 0.3) is 22.3 Å². The van der Waals surface area contributed by atoms with E-state index in [4.69, 9.17) is 0 Å². The molecule has 3 rings (SSSR count). The van der Waals surface area contributed by atoms with E-state index in [9.17, 15) is 4.79 Å². The van der Waals surface area contributed by atoms with Crippen LogP contribution in [0.3, 0.4) is 0 Å². The SMILES string of the molecule is CCc1nc(-c2cc(C)nc3ccccc23)[nH]c(=O)c1I. The standard InChI is InChI=1S/C16H14IN3O/c1-3-12-14(17)16(21)20-15(19-12)11-8-9(2)18-13-7-5-4-6-10(11)13/h4-8H,3H2,1-2H3,(H,19,20,21). The molecule has 2 aromatic heterocycles. The molecular formula is C16H14IN3O. The molecule has 0 unspecified atom stereocenters. The number of rotatable bonds is 2. The van der Waals surface area contributed by atoms with E-state index >= 15 is 0 Å². The molecule has 2 heterocycles. The van der Waals surface area contributed by atoms with Crippen molar-refractivity contribution in [1.29, 1.82) is 0 Å². The van der Waals surface area contributed by atoms with Crippen molar-refractivity contribution in [3.05, 3.63) is 55.6 Å². The number of fused-ring (bicyclic) bond motifs is 1. The first kappa shape index (κ1) is 14.2. The molecule has 21 heavy (non-hydrogen) atoms. The Hall–Kier alpha value is -1.76. The fraction of sp³-hybridized carbons (Fsp3) is 0.188. The van der Waals surface area contributed by atoms with Gasteiger partial charge in [-0.25, -0.2) is 4.98 Å². The zero-order valence-corrected chi connectivity index (χ0v) is 13.9. The molecule has 0 atom stereocenters. The number of aromatic amines is 1. The Morgan fingerprint density at radius 1 is 1.24 bits per heavy atom. The summed E-state index contributed by atoms with van der Waals surface area (Å²) in [5.41, 5.74) is 3.47. The highest BCUT2D eigenvalue weighted by molar-refractivity contribution is 14.1. The third-order valence-electron chi connectivity index (χ3n) is 3.37. The van der Waals surface area contributed by atoms with Gasteiger partial charge in [-0.05, 0) is 48.1 Å². The zero-order valence-electron chi connectivity index (χ0n) is 11.8. The Morgan fingerprint density at radius 3 is 2.76 bits per heavy atom. The van der Waals surface area contributed by atoms with Gasteiger partial charge in [-0.15, -0.1) is 0 Å². The predicted molar refractivity (Wildman–Crippen MR) is 92.4 cm³/mol. The number of nitrogens with one attached hydrogen (secondary N) is 1. The van der Waals surface area contributed by atoms with Crippen molar-refractivity contribution in [1.82, 2.24) is 15.0 Å². The molecule has 0 aliphatic carbocycles. The lowest BCUT2D eigenvalue weighted by atomic mass is 10.1. The number of aryl methyl sites for hydroxylation is 2. The van der Waals surface area contributed by atoms with Crippen LogP contribution in [-0.2, 0) is 6.42 Å². The minimum Gasteiger partial charge on any atom is -0.306 e. The van der Waals surface area contributed by atoms with Crippen molar-refractivity contribution in [2.24, 2.45) is 0 Å². The van der Waals surface area contributed by atoms with Gasteiger partial charge in [0.2, 0.25) is 0 Å². The quantitative estimate of drug-likeness (QED) is 0.681. The van der Waals surface area contributed by atoms with E-state index in [1.807, 2.05) is 66.8 Å². The van der Waals surface area contributed by atoms with Gasteiger partial charge in [0.25, 0.3) is 5.56 Å². The van der Waals surface area contributed by atoms with E-state index in [-0.39, 0.29) is 5.56 Å². The van der Waals surface area contributed by atoms with E-state index in [0.717, 1.165) is 34.3 Å². The topological polar surface area (TPSA) is 58.6 Å². The maximum atomic E-state index is 12.1. The van der Waals surface area contributed by atoms with Crippen LogP contribution in [0.2, 0.25) is 0 Å². The predicted octanol–water partition coefficient (Wildman–Crippen LogP) is 3.46. The molecule has 1 aromatic carbocycles. The minimum absolute atomic E-state index is 0.0870. The van der Waals surface area contributed by atoms with Crippen LogP contribution in [0.15, 0.2) is 35.1 Å². The highest BCUT2D eigenvalue weighted by Gasteiger charge is 2.12. The van der Waals surface area contributed by atoms with Gasteiger partial charge in [0.05, 0.1) is 14.8 Å². The van der Waals surface area contributed by atoms with Crippen molar-refractivity contribution in [3.8, 4) is 11.4 Å². The van der Waals surface area contributed by atoms with Crippen molar-refractivity contribution in [3.63, 3.8) is 0 Å². The molecule has 0 fully saturated rings. The third kappa shape index (κ3) is 2.57. The number of H-pyrrole nitrogens is 1. The normalized spacial score (nSPS) is 11.0. The zero-order chi connectivity index (χ0) is 15.0. The van der Waals surface area contributed by atoms with E-state index in [1.165, 1.54) is 0 Å². The van der Waals surface area contributed by atoms with Gasteiger partial charge < -0.3 is 4.98 Å². The summed E-state index contributed by atoms with van der Waals surface area (Å²) in [6, 6.07) is 9.86. The van der Waals surface area contributed by atoms with E-state index in [2.05, 4.69) is 15.0 Å². The first-order chi connectivity index (χ1) is 10.1. The fourth-order valence-electron chi connectivity index (χ4n) is 2.37. The Bertz CT molecular complexity index is 886. The molecule has 0 saturated carbocycles. The molecule has 4 nitrogen and oxygen atoms in total. The molecule has 0 spiro atoms. The van der Waals surface area contributed by atoms with E-state index in [0.29, 0.717) is 9.39 Å². The average Bonchev–Trinajstić information content (AvgIpc) is 2.49. The molecule has 1 N–H and O–H groups in total. The number of nitrogens with zero attached hydrogens (tertiary/aromatic N) is 2. The summed E-state index contributed by atoms with van der Waals surface area (Å²) in [5, 5.41) is 0.995. The van der Waals surface area contributed by atoms with Gasteiger partial charge in [-0.2, -0.15) is 0 Å². The Morgan fingerprint density at radius 2 is 2.00 bits per heavy atom. The summed E-state index contributed by atoms with van der Waals surface area (Å²) in [7, 11) is 0. The number of benzene rings is 1. The molecule has 0 radical (unpaired) electrons. The van der Waals surface area contributed by atoms with Crippen molar-refractivity contribution in [2.45, 2.75) is 20.3 Å². The van der Waals surface area contributed by atoms with E-state index < -0.39 is 0 Å². The largest absolute Gasteiger partial charge is 0.306 e. The summed E-state index contributed by atoms with van der Waals surface area (Å²) < 4.78 is 0.661. The lowest BCUT2D eigenvalue weighted by Crippen LogP contribution is -2.16. The van der Waals surface area contributed by atoms with Crippen molar-refractivity contribution in [2.75, 3.05) is 0 Å². The second-order valence-corrected chi connectivity index (χ2v) is 5.94. The van der Waals surface area contributed by atoms with Gasteiger partial charge in [-0.3, -0.25) is 9.78 Å². The molecule has 106 valence electrons. The molecule has 0 saturated heterocycles. The number of hydrogen-bond donors (Lipinski definition) is 1. The molecule has 0 aliphatic heterocycles. The molecule has 3 aromatic rings. The number of halogens is 1. The molecular weight excluding hydrogens is 377 g/mol. The monoisotopic (exact) mass is 391 g/mol. The van der Waals surface area contributed by atoms with E-state index in [1.54, 1.807) is 0 Å². The lowest BCUT2D eigenvalue weighted by Gasteiger charge is -2.09. The number of hydrogen-bond acceptors (Lipinski definition) is 3. The second-order valence-electron chi connectivity index (χ2n) is 4.86. The van der Waals surface area contributed by atoms with Crippen LogP contribution in [-0.4, -0.2) is 15.0 Å². The molecule has 5 heteroatoms. The number of para-hydroxylation sites is 1. The van der Waals surface area contributed by atoms with Gasteiger partial charge >= 0.3 is 0 Å². The Kier molecular flexibility index (Phi) is 3.75. The fourth-order valence-corrected chi connectivity index (χ4v) is 3.01. The summed E-state index contributed by atoms with van der Waals surface area (Å²) in [4.78, 5) is 24.1. The third-order valence-corrected chi connectivity index (χ3v) is 4.48. The Balaban J connectivity index is 2.35.